The second-order valence-corrected chi connectivity index (χ2v) is 7.70. The lowest BCUT2D eigenvalue weighted by molar-refractivity contribution is -0.138. The summed E-state index contributed by atoms with van der Waals surface area (Å²) in [5, 5.41) is 2.49. The lowest BCUT2D eigenvalue weighted by Gasteiger charge is -2.32. The minimum absolute atomic E-state index is 0.0383. The molecule has 1 amide bonds. The lowest BCUT2D eigenvalue weighted by atomic mass is 9.76. The summed E-state index contributed by atoms with van der Waals surface area (Å²) < 4.78 is 51.8. The molecule has 0 radical (unpaired) electrons. The zero-order valence-electron chi connectivity index (χ0n) is 15.7. The number of amides is 1. The SMILES string of the molecule is CC(=O)NCC(=Cc1cc(Cl)ncc1C(F)(F)F)B1OC(C)(C)C(C)(C)O1. The average molecular weight is 405 g/mol. The predicted octanol–water partition coefficient (Wildman–Crippen LogP) is 3.90. The Labute approximate surface area is 161 Å². The fourth-order valence-corrected chi connectivity index (χ4v) is 2.59. The number of halogens is 4. The van der Waals surface area contributed by atoms with Crippen LogP contribution in [-0.2, 0) is 20.3 Å². The molecule has 1 aliphatic heterocycles. The largest absolute Gasteiger partial charge is 0.492 e. The number of aromatic nitrogens is 1. The lowest BCUT2D eigenvalue weighted by Crippen LogP contribution is -2.41. The van der Waals surface area contributed by atoms with Crippen LogP contribution in [0.25, 0.3) is 6.08 Å². The molecule has 148 valence electrons. The van der Waals surface area contributed by atoms with E-state index in [-0.39, 0.29) is 23.2 Å². The third-order valence-electron chi connectivity index (χ3n) is 4.65. The van der Waals surface area contributed by atoms with Crippen molar-refractivity contribution >= 4 is 30.7 Å². The molecule has 2 rings (SSSR count). The van der Waals surface area contributed by atoms with E-state index in [1.807, 2.05) is 27.7 Å². The number of carbonyl (C=O) groups is 1. The molecule has 1 saturated heterocycles. The number of carbonyl (C=O) groups excluding carboxylic acids is 1. The Balaban J connectivity index is 2.50. The van der Waals surface area contributed by atoms with Crippen molar-refractivity contribution in [1.29, 1.82) is 0 Å². The van der Waals surface area contributed by atoms with Crippen LogP contribution in [0.15, 0.2) is 17.7 Å². The third-order valence-corrected chi connectivity index (χ3v) is 4.85. The average Bonchev–Trinajstić information content (AvgIpc) is 2.70. The quantitative estimate of drug-likeness (QED) is 0.611. The van der Waals surface area contributed by atoms with Crippen LogP contribution in [0.4, 0.5) is 13.2 Å². The monoisotopic (exact) mass is 404 g/mol. The van der Waals surface area contributed by atoms with Crippen LogP contribution in [0, 0.1) is 0 Å². The van der Waals surface area contributed by atoms with Crippen LogP contribution in [0.3, 0.4) is 0 Å². The Morgan fingerprint density at radius 2 is 1.85 bits per heavy atom. The minimum atomic E-state index is -4.61. The van der Waals surface area contributed by atoms with Crippen LogP contribution < -0.4 is 5.32 Å². The Bertz CT molecular complexity index is 750. The molecule has 2 heterocycles. The zero-order chi connectivity index (χ0) is 20.6. The summed E-state index contributed by atoms with van der Waals surface area (Å²) in [4.78, 5) is 14.8. The van der Waals surface area contributed by atoms with Gasteiger partial charge in [-0.15, -0.1) is 0 Å². The highest BCUT2D eigenvalue weighted by atomic mass is 35.5. The summed E-state index contributed by atoms with van der Waals surface area (Å²) in [6.45, 7) is 8.58. The summed E-state index contributed by atoms with van der Waals surface area (Å²) in [7, 11) is -0.921. The second kappa shape index (κ2) is 7.45. The first kappa shape index (κ1) is 21.7. The molecular weight excluding hydrogens is 383 g/mol. The van der Waals surface area contributed by atoms with Gasteiger partial charge in [-0.1, -0.05) is 17.7 Å². The van der Waals surface area contributed by atoms with Gasteiger partial charge in [0.2, 0.25) is 5.91 Å². The van der Waals surface area contributed by atoms with E-state index in [0.29, 0.717) is 11.7 Å². The van der Waals surface area contributed by atoms with E-state index in [0.717, 1.165) is 6.07 Å². The van der Waals surface area contributed by atoms with Gasteiger partial charge < -0.3 is 14.6 Å². The highest BCUT2D eigenvalue weighted by molar-refractivity contribution is 6.56. The Hall–Kier alpha value is -1.58. The van der Waals surface area contributed by atoms with Crippen molar-refractivity contribution in [3.8, 4) is 0 Å². The Morgan fingerprint density at radius 1 is 1.30 bits per heavy atom. The van der Waals surface area contributed by atoms with E-state index in [1.165, 1.54) is 13.0 Å². The number of hydrogen-bond acceptors (Lipinski definition) is 4. The molecule has 1 N–H and O–H groups in total. The van der Waals surface area contributed by atoms with Crippen molar-refractivity contribution in [1.82, 2.24) is 10.3 Å². The molecule has 0 saturated carbocycles. The fourth-order valence-electron chi connectivity index (χ4n) is 2.42. The van der Waals surface area contributed by atoms with Crippen LogP contribution >= 0.6 is 11.6 Å². The molecule has 0 atom stereocenters. The van der Waals surface area contributed by atoms with Crippen molar-refractivity contribution in [3.63, 3.8) is 0 Å². The van der Waals surface area contributed by atoms with Crippen LogP contribution in [0.2, 0.25) is 5.15 Å². The van der Waals surface area contributed by atoms with E-state index < -0.39 is 30.1 Å². The van der Waals surface area contributed by atoms with Gasteiger partial charge >= 0.3 is 13.3 Å². The van der Waals surface area contributed by atoms with Crippen molar-refractivity contribution in [2.45, 2.75) is 52.0 Å². The van der Waals surface area contributed by atoms with Crippen molar-refractivity contribution in [3.05, 3.63) is 34.0 Å². The molecule has 1 aromatic heterocycles. The normalized spacial score (nSPS) is 19.3. The van der Waals surface area contributed by atoms with Gasteiger partial charge in [0.15, 0.2) is 0 Å². The van der Waals surface area contributed by atoms with Crippen molar-refractivity contribution < 1.29 is 27.3 Å². The number of rotatable bonds is 4. The summed E-state index contributed by atoms with van der Waals surface area (Å²) in [5.74, 6) is -0.332. The second-order valence-electron chi connectivity index (χ2n) is 7.31. The topological polar surface area (TPSA) is 60.5 Å². The number of nitrogens with one attached hydrogen (secondary N) is 1. The Morgan fingerprint density at radius 3 is 2.33 bits per heavy atom. The number of alkyl halides is 3. The van der Waals surface area contributed by atoms with E-state index >= 15 is 0 Å². The molecule has 1 aromatic rings. The summed E-state index contributed by atoms with van der Waals surface area (Å²) in [5.41, 5.74) is -2.16. The molecule has 1 aliphatic rings. The fraction of sp³-hybridized carbons (Fsp3) is 0.529. The molecule has 10 heteroatoms. The maximum absolute atomic E-state index is 13.3. The van der Waals surface area contributed by atoms with E-state index in [4.69, 9.17) is 20.9 Å². The van der Waals surface area contributed by atoms with Crippen LogP contribution in [0.5, 0.6) is 0 Å². The zero-order valence-corrected chi connectivity index (χ0v) is 16.5. The van der Waals surface area contributed by atoms with Gasteiger partial charge in [-0.2, -0.15) is 13.2 Å². The highest BCUT2D eigenvalue weighted by Crippen LogP contribution is 2.39. The van der Waals surface area contributed by atoms with Crippen LogP contribution in [-0.4, -0.2) is 35.8 Å². The first-order chi connectivity index (χ1) is 12.2. The smallest absolute Gasteiger partial charge is 0.400 e. The molecular formula is C17H21BClF3N2O3. The number of pyridine rings is 1. The van der Waals surface area contributed by atoms with Gasteiger partial charge in [-0.05, 0) is 44.8 Å². The van der Waals surface area contributed by atoms with Crippen molar-refractivity contribution in [2.24, 2.45) is 0 Å². The summed E-state index contributed by atoms with van der Waals surface area (Å²) in [6, 6.07) is 1.11. The summed E-state index contributed by atoms with van der Waals surface area (Å²) in [6.07, 6.45) is -2.67. The third kappa shape index (κ3) is 5.03. The van der Waals surface area contributed by atoms with E-state index in [2.05, 4.69) is 10.3 Å². The number of nitrogens with zero attached hydrogens (tertiary/aromatic N) is 1. The Kier molecular flexibility index (Phi) is 5.99. The number of hydrogen-bond donors (Lipinski definition) is 1. The highest BCUT2D eigenvalue weighted by Gasteiger charge is 2.52. The molecule has 1 fully saturated rings. The van der Waals surface area contributed by atoms with Gasteiger partial charge in [0.25, 0.3) is 0 Å². The standard InChI is InChI=1S/C17H21BClF3N2O3/c1-10(25)23-8-12(18-26-15(2,3)16(4,5)27-18)6-11-7-14(19)24-9-13(11)17(20,21)22/h6-7,9H,8H2,1-5H3,(H,23,25). The van der Waals surface area contributed by atoms with Gasteiger partial charge in [-0.3, -0.25) is 4.79 Å². The van der Waals surface area contributed by atoms with Crippen LogP contribution in [0.1, 0.15) is 45.7 Å². The molecule has 0 spiro atoms. The van der Waals surface area contributed by atoms with Gasteiger partial charge in [-0.25, -0.2) is 4.98 Å². The summed E-state index contributed by atoms with van der Waals surface area (Å²) >= 11 is 5.79. The minimum Gasteiger partial charge on any atom is -0.400 e. The molecule has 0 aromatic carbocycles. The van der Waals surface area contributed by atoms with Gasteiger partial charge in [0.05, 0.1) is 16.8 Å². The first-order valence-electron chi connectivity index (χ1n) is 8.26. The van der Waals surface area contributed by atoms with Gasteiger partial charge in [0, 0.05) is 19.7 Å². The molecule has 27 heavy (non-hydrogen) atoms. The predicted molar refractivity (Wildman–Crippen MR) is 97.0 cm³/mol. The van der Waals surface area contributed by atoms with E-state index in [1.54, 1.807) is 0 Å². The molecule has 0 bridgehead atoms. The van der Waals surface area contributed by atoms with E-state index in [9.17, 15) is 18.0 Å². The maximum atomic E-state index is 13.3. The first-order valence-corrected chi connectivity index (χ1v) is 8.64. The molecule has 0 aliphatic carbocycles. The maximum Gasteiger partial charge on any atom is 0.492 e. The molecule has 5 nitrogen and oxygen atoms in total. The van der Waals surface area contributed by atoms with Gasteiger partial charge in [0.1, 0.15) is 5.15 Å². The molecule has 0 unspecified atom stereocenters. The van der Waals surface area contributed by atoms with Crippen molar-refractivity contribution in [2.75, 3.05) is 6.54 Å².